The number of nitrogens with one attached hydrogen (secondary N) is 1. The molecule has 9 heteroatoms. The van der Waals surface area contributed by atoms with E-state index in [1.165, 1.54) is 11.3 Å². The Hall–Kier alpha value is -3.72. The molecule has 4 aromatic rings. The van der Waals surface area contributed by atoms with E-state index in [0.29, 0.717) is 39.9 Å². The zero-order chi connectivity index (χ0) is 30.0. The van der Waals surface area contributed by atoms with Gasteiger partial charge in [0.2, 0.25) is 0 Å². The number of thiazole rings is 1. The molecule has 1 N–H and O–H groups in total. The topological polar surface area (TPSA) is 70.5 Å². The Labute approximate surface area is 256 Å². The highest BCUT2D eigenvalue weighted by Gasteiger charge is 2.27. The summed E-state index contributed by atoms with van der Waals surface area (Å²) in [6.07, 6.45) is 2.68. The lowest BCUT2D eigenvalue weighted by molar-refractivity contribution is 0.0735. The second-order valence-corrected chi connectivity index (χ2v) is 12.2. The number of hydrogen-bond acceptors (Lipinski definition) is 6. The number of aromatic nitrogens is 2. The number of benzene rings is 2. The minimum absolute atomic E-state index is 0.0877. The van der Waals surface area contributed by atoms with Crippen molar-refractivity contribution in [2.45, 2.75) is 27.2 Å². The van der Waals surface area contributed by atoms with Crippen molar-refractivity contribution in [3.8, 4) is 27.5 Å². The lowest BCUT2D eigenvalue weighted by atomic mass is 10.0. The van der Waals surface area contributed by atoms with Gasteiger partial charge >= 0.3 is 0 Å². The van der Waals surface area contributed by atoms with Crippen molar-refractivity contribution < 1.29 is 4.79 Å². The monoisotopic (exact) mass is 601 g/mol. The van der Waals surface area contributed by atoms with Crippen molar-refractivity contribution in [3.05, 3.63) is 91.7 Å². The maximum absolute atomic E-state index is 14.6. The van der Waals surface area contributed by atoms with Gasteiger partial charge in [0.25, 0.3) is 11.5 Å². The van der Waals surface area contributed by atoms with E-state index < -0.39 is 0 Å². The van der Waals surface area contributed by atoms with Gasteiger partial charge in [0, 0.05) is 61.9 Å². The van der Waals surface area contributed by atoms with Crippen molar-refractivity contribution in [2.75, 3.05) is 45.2 Å². The first-order valence-corrected chi connectivity index (χ1v) is 15.4. The number of carbonyl (C=O) groups excluding carboxylic acids is 1. The molecule has 1 amide bonds. The quantitative estimate of drug-likeness (QED) is 0.266. The van der Waals surface area contributed by atoms with Crippen LogP contribution in [0.1, 0.15) is 42.4 Å². The molecule has 0 radical (unpaired) electrons. The van der Waals surface area contributed by atoms with Gasteiger partial charge in [0.1, 0.15) is 5.01 Å². The van der Waals surface area contributed by atoms with Gasteiger partial charge in [-0.1, -0.05) is 42.3 Å². The van der Waals surface area contributed by atoms with Gasteiger partial charge < -0.3 is 15.1 Å². The number of halogens is 1. The molecular weight excluding hydrogens is 566 g/mol. The van der Waals surface area contributed by atoms with Crippen molar-refractivity contribution in [1.82, 2.24) is 19.8 Å². The summed E-state index contributed by atoms with van der Waals surface area (Å²) in [5.41, 5.74) is 6.70. The molecule has 218 valence electrons. The first-order chi connectivity index (χ1) is 20.2. The van der Waals surface area contributed by atoms with Gasteiger partial charge in [0.05, 0.1) is 28.2 Å². The molecule has 0 bridgehead atoms. The molecule has 0 spiro atoms. The molecule has 1 saturated heterocycles. The number of piperazine rings is 1. The number of hydrogen-bond donors (Lipinski definition) is 1. The average molecular weight is 602 g/mol. The molecule has 1 fully saturated rings. The molecule has 5 rings (SSSR count). The number of anilines is 1. The standard InChI is InChI=1S/C33H36ClN5O2S/c1-6-22-9-12-25(37(4)5)18-29(22)39-30(17-21(2)3)26(32(40)38-15-13-35-14-16-38)19-27(33(39)41)31-36-28(20-42-31)23-7-10-24(34)11-8-23/h7-12,17-20,35H,6,13-16H2,1-5H3. The Morgan fingerprint density at radius 3 is 2.45 bits per heavy atom. The van der Waals surface area contributed by atoms with Crippen LogP contribution in [0, 0.1) is 0 Å². The van der Waals surface area contributed by atoms with E-state index in [1.54, 1.807) is 10.6 Å². The van der Waals surface area contributed by atoms with Crippen molar-refractivity contribution >= 4 is 40.6 Å². The molecule has 0 unspecified atom stereocenters. The summed E-state index contributed by atoms with van der Waals surface area (Å²) in [5.74, 6) is -0.0877. The molecule has 3 heterocycles. The molecule has 7 nitrogen and oxygen atoms in total. The molecule has 42 heavy (non-hydrogen) atoms. The number of nitrogens with zero attached hydrogens (tertiary/aromatic N) is 4. The van der Waals surface area contributed by atoms with Crippen LogP contribution in [0.3, 0.4) is 0 Å². The smallest absolute Gasteiger partial charge is 0.265 e. The third kappa shape index (κ3) is 6.07. The fraction of sp³-hybridized carbons (Fsp3) is 0.303. The summed E-state index contributed by atoms with van der Waals surface area (Å²) in [7, 11) is 3.96. The Morgan fingerprint density at radius 2 is 1.81 bits per heavy atom. The number of carbonyl (C=O) groups is 1. The Morgan fingerprint density at radius 1 is 1.10 bits per heavy atom. The summed E-state index contributed by atoms with van der Waals surface area (Å²) in [6, 6.07) is 15.4. The van der Waals surface area contributed by atoms with Crippen LogP contribution in [-0.2, 0) is 6.42 Å². The maximum Gasteiger partial charge on any atom is 0.265 e. The van der Waals surface area contributed by atoms with Crippen LogP contribution in [-0.4, -0.2) is 60.6 Å². The maximum atomic E-state index is 14.6. The van der Waals surface area contributed by atoms with Gasteiger partial charge in [-0.2, -0.15) is 0 Å². The van der Waals surface area contributed by atoms with E-state index in [0.717, 1.165) is 53.3 Å². The number of aryl methyl sites for hydroxylation is 1. The number of rotatable bonds is 7. The summed E-state index contributed by atoms with van der Waals surface area (Å²) in [6.45, 7) is 8.73. The Kier molecular flexibility index (Phi) is 8.96. The van der Waals surface area contributed by atoms with Gasteiger partial charge in [0.15, 0.2) is 0 Å². The average Bonchev–Trinajstić information content (AvgIpc) is 3.47. The van der Waals surface area contributed by atoms with Gasteiger partial charge in [-0.05, 0) is 62.2 Å². The Balaban J connectivity index is 1.81. The van der Waals surface area contributed by atoms with Gasteiger partial charge in [-0.25, -0.2) is 4.98 Å². The van der Waals surface area contributed by atoms with E-state index in [2.05, 4.69) is 24.4 Å². The minimum Gasteiger partial charge on any atom is -0.378 e. The zero-order valence-electron chi connectivity index (χ0n) is 24.7. The highest BCUT2D eigenvalue weighted by atomic mass is 35.5. The molecule has 0 atom stereocenters. The van der Waals surface area contributed by atoms with Gasteiger partial charge in [-0.15, -0.1) is 11.3 Å². The summed E-state index contributed by atoms with van der Waals surface area (Å²) in [4.78, 5) is 37.5. The highest BCUT2D eigenvalue weighted by Crippen LogP contribution is 2.32. The van der Waals surface area contributed by atoms with Crippen LogP contribution in [0.5, 0.6) is 0 Å². The van der Waals surface area contributed by atoms with Gasteiger partial charge in [-0.3, -0.25) is 14.2 Å². The van der Waals surface area contributed by atoms with Crippen LogP contribution >= 0.6 is 22.9 Å². The molecule has 1 aliphatic heterocycles. The number of amides is 1. The molecule has 2 aromatic heterocycles. The normalized spacial score (nSPS) is 13.2. The van der Waals surface area contributed by atoms with E-state index in [1.807, 2.05) is 79.5 Å². The number of allylic oxidation sites excluding steroid dienone is 1. The summed E-state index contributed by atoms with van der Waals surface area (Å²) >= 11 is 7.50. The SMILES string of the molecule is CCc1ccc(N(C)C)cc1-n1c(C=C(C)C)c(C(=O)N2CCNCC2)cc(-c2nc(-c3ccc(Cl)cc3)cs2)c1=O. The second kappa shape index (κ2) is 12.7. The lowest BCUT2D eigenvalue weighted by Gasteiger charge is -2.29. The van der Waals surface area contributed by atoms with Crippen LogP contribution in [0.2, 0.25) is 5.02 Å². The van der Waals surface area contributed by atoms with Crippen molar-refractivity contribution in [3.63, 3.8) is 0 Å². The van der Waals surface area contributed by atoms with E-state index in [9.17, 15) is 9.59 Å². The molecule has 0 aliphatic carbocycles. The first kappa shape index (κ1) is 29.8. The third-order valence-corrected chi connectivity index (χ3v) is 8.51. The predicted octanol–water partition coefficient (Wildman–Crippen LogP) is 6.38. The van der Waals surface area contributed by atoms with Crippen LogP contribution in [0.4, 0.5) is 5.69 Å². The minimum atomic E-state index is -0.207. The molecule has 2 aromatic carbocycles. The van der Waals surface area contributed by atoms with Crippen molar-refractivity contribution in [2.24, 2.45) is 0 Å². The molecule has 0 saturated carbocycles. The summed E-state index contributed by atoms with van der Waals surface area (Å²) in [5, 5.41) is 6.48. The highest BCUT2D eigenvalue weighted by molar-refractivity contribution is 7.13. The molecular formula is C33H36ClN5O2S. The van der Waals surface area contributed by atoms with Crippen LogP contribution < -0.4 is 15.8 Å². The van der Waals surface area contributed by atoms with E-state index >= 15 is 0 Å². The van der Waals surface area contributed by atoms with E-state index in [-0.39, 0.29) is 11.5 Å². The predicted molar refractivity (Wildman–Crippen MR) is 175 cm³/mol. The second-order valence-electron chi connectivity index (χ2n) is 10.9. The van der Waals surface area contributed by atoms with Crippen molar-refractivity contribution in [1.29, 1.82) is 0 Å². The lowest BCUT2D eigenvalue weighted by Crippen LogP contribution is -2.47. The molecule has 1 aliphatic rings. The fourth-order valence-electron chi connectivity index (χ4n) is 5.14. The third-order valence-electron chi connectivity index (χ3n) is 7.38. The van der Waals surface area contributed by atoms with Crippen LogP contribution in [0.25, 0.3) is 33.6 Å². The van der Waals surface area contributed by atoms with E-state index in [4.69, 9.17) is 16.6 Å². The fourth-order valence-corrected chi connectivity index (χ4v) is 6.10. The summed E-state index contributed by atoms with van der Waals surface area (Å²) < 4.78 is 1.73. The number of pyridine rings is 1. The largest absolute Gasteiger partial charge is 0.378 e. The van der Waals surface area contributed by atoms with Crippen LogP contribution in [0.15, 0.2) is 64.3 Å². The zero-order valence-corrected chi connectivity index (χ0v) is 26.3. The first-order valence-electron chi connectivity index (χ1n) is 14.1. The Bertz CT molecular complexity index is 1690.